The zero-order valence-corrected chi connectivity index (χ0v) is 15.7. The molecule has 0 unspecified atom stereocenters. The predicted molar refractivity (Wildman–Crippen MR) is 97.8 cm³/mol. The van der Waals surface area contributed by atoms with Crippen LogP contribution >= 0.6 is 0 Å². The van der Waals surface area contributed by atoms with Crippen molar-refractivity contribution in [3.8, 4) is 0 Å². The number of hydrogen-bond acceptors (Lipinski definition) is 4. The second-order valence-electron chi connectivity index (χ2n) is 7.35. The summed E-state index contributed by atoms with van der Waals surface area (Å²) in [6.07, 6.45) is 7.86. The molecule has 0 bridgehead atoms. The molecule has 0 radical (unpaired) electrons. The van der Waals surface area contributed by atoms with Crippen molar-refractivity contribution in [1.29, 1.82) is 0 Å². The van der Waals surface area contributed by atoms with Crippen LogP contribution < -0.4 is 0 Å². The molecule has 2 aliphatic heterocycles. The van der Waals surface area contributed by atoms with E-state index in [0.717, 1.165) is 63.4 Å². The molecule has 3 rings (SSSR count). The van der Waals surface area contributed by atoms with Gasteiger partial charge in [-0.1, -0.05) is 13.3 Å². The summed E-state index contributed by atoms with van der Waals surface area (Å²) in [6, 6.07) is 0. The van der Waals surface area contributed by atoms with Gasteiger partial charge in [0.2, 0.25) is 0 Å². The van der Waals surface area contributed by atoms with Crippen molar-refractivity contribution in [3.63, 3.8) is 0 Å². The van der Waals surface area contributed by atoms with Crippen molar-refractivity contribution < 1.29 is 9.53 Å². The fraction of sp³-hybridized carbons (Fsp3) is 0.789. The van der Waals surface area contributed by atoms with Crippen LogP contribution in [0.15, 0.2) is 6.20 Å². The highest BCUT2D eigenvalue weighted by molar-refractivity contribution is 5.95. The van der Waals surface area contributed by atoms with E-state index in [0.29, 0.717) is 6.54 Å². The Kier molecular flexibility index (Phi) is 6.48. The SMILES string of the molecule is CCCn1cc(C(=O)N2CCCO[C@@H](CN3CCCCC3)C2)c(C)n1. The largest absolute Gasteiger partial charge is 0.375 e. The molecule has 0 N–H and O–H groups in total. The molecule has 2 fully saturated rings. The van der Waals surface area contributed by atoms with Crippen molar-refractivity contribution in [2.45, 2.75) is 58.6 Å². The highest BCUT2D eigenvalue weighted by atomic mass is 16.5. The van der Waals surface area contributed by atoms with Crippen LogP contribution in [0.5, 0.6) is 0 Å². The van der Waals surface area contributed by atoms with Crippen LogP contribution in [-0.4, -0.2) is 70.9 Å². The van der Waals surface area contributed by atoms with Gasteiger partial charge >= 0.3 is 0 Å². The van der Waals surface area contributed by atoms with Gasteiger partial charge in [0.1, 0.15) is 0 Å². The van der Waals surface area contributed by atoms with Crippen LogP contribution in [0.3, 0.4) is 0 Å². The Balaban J connectivity index is 1.64. The minimum Gasteiger partial charge on any atom is -0.375 e. The predicted octanol–water partition coefficient (Wildman–Crippen LogP) is 2.32. The van der Waals surface area contributed by atoms with Gasteiger partial charge in [0.05, 0.1) is 17.4 Å². The number of likely N-dealkylation sites (tertiary alicyclic amines) is 1. The fourth-order valence-corrected chi connectivity index (χ4v) is 3.86. The molecule has 0 aliphatic carbocycles. The molecule has 1 amide bonds. The zero-order valence-electron chi connectivity index (χ0n) is 15.7. The summed E-state index contributed by atoms with van der Waals surface area (Å²) in [4.78, 5) is 17.5. The highest BCUT2D eigenvalue weighted by Gasteiger charge is 2.27. The molecule has 25 heavy (non-hydrogen) atoms. The Bertz CT molecular complexity index is 566. The maximum atomic E-state index is 13.0. The van der Waals surface area contributed by atoms with Crippen LogP contribution in [0, 0.1) is 6.92 Å². The van der Waals surface area contributed by atoms with E-state index in [1.807, 2.05) is 22.7 Å². The third-order valence-electron chi connectivity index (χ3n) is 5.18. The molecule has 0 saturated carbocycles. The van der Waals surface area contributed by atoms with Crippen molar-refractivity contribution in [2.75, 3.05) is 39.3 Å². The van der Waals surface area contributed by atoms with Gasteiger partial charge < -0.3 is 14.5 Å². The molecule has 2 aliphatic rings. The Labute approximate surface area is 151 Å². The molecule has 1 aromatic heterocycles. The molecule has 3 heterocycles. The van der Waals surface area contributed by atoms with Gasteiger partial charge in [-0.25, -0.2) is 0 Å². The monoisotopic (exact) mass is 348 g/mol. The van der Waals surface area contributed by atoms with Gasteiger partial charge in [-0.3, -0.25) is 9.48 Å². The second-order valence-corrected chi connectivity index (χ2v) is 7.35. The van der Waals surface area contributed by atoms with E-state index < -0.39 is 0 Å². The number of ether oxygens (including phenoxy) is 1. The third kappa shape index (κ3) is 4.82. The average molecular weight is 348 g/mol. The number of nitrogens with zero attached hydrogens (tertiary/aromatic N) is 4. The summed E-state index contributed by atoms with van der Waals surface area (Å²) in [6.45, 7) is 10.4. The first-order chi connectivity index (χ1) is 12.2. The summed E-state index contributed by atoms with van der Waals surface area (Å²) >= 11 is 0. The quantitative estimate of drug-likeness (QED) is 0.819. The van der Waals surface area contributed by atoms with Crippen LogP contribution in [0.25, 0.3) is 0 Å². The first-order valence-corrected chi connectivity index (χ1v) is 9.84. The Hall–Kier alpha value is -1.40. The number of carbonyl (C=O) groups is 1. The molecule has 0 spiro atoms. The van der Waals surface area contributed by atoms with Crippen molar-refractivity contribution in [2.24, 2.45) is 0 Å². The summed E-state index contributed by atoms with van der Waals surface area (Å²) in [5, 5.41) is 4.48. The Morgan fingerprint density at radius 1 is 1.24 bits per heavy atom. The number of piperidine rings is 1. The first kappa shape index (κ1) is 18.4. The van der Waals surface area contributed by atoms with E-state index in [-0.39, 0.29) is 12.0 Å². The maximum absolute atomic E-state index is 13.0. The van der Waals surface area contributed by atoms with Crippen LogP contribution in [0.2, 0.25) is 0 Å². The van der Waals surface area contributed by atoms with Gasteiger partial charge in [0.15, 0.2) is 0 Å². The first-order valence-electron chi connectivity index (χ1n) is 9.84. The minimum absolute atomic E-state index is 0.106. The van der Waals surface area contributed by atoms with Gasteiger partial charge in [-0.15, -0.1) is 0 Å². The molecule has 2 saturated heterocycles. The standard InChI is InChI=1S/C19H32N4O2/c1-3-8-23-15-18(16(2)20-23)19(24)22-11-7-12-25-17(14-22)13-21-9-5-4-6-10-21/h15,17H,3-14H2,1-2H3/t17-/m0/s1. The summed E-state index contributed by atoms with van der Waals surface area (Å²) in [5.41, 5.74) is 1.57. The number of aryl methyl sites for hydroxylation is 2. The van der Waals surface area contributed by atoms with E-state index in [1.54, 1.807) is 0 Å². The zero-order chi connectivity index (χ0) is 17.6. The number of amides is 1. The smallest absolute Gasteiger partial charge is 0.257 e. The van der Waals surface area contributed by atoms with Crippen LogP contribution in [0.4, 0.5) is 0 Å². The summed E-state index contributed by atoms with van der Waals surface area (Å²) < 4.78 is 7.93. The lowest BCUT2D eigenvalue weighted by Crippen LogP contribution is -2.43. The second kappa shape index (κ2) is 8.81. The number of carbonyl (C=O) groups excluding carboxylic acids is 1. The van der Waals surface area contributed by atoms with Gasteiger partial charge in [0, 0.05) is 39.0 Å². The number of hydrogen-bond donors (Lipinski definition) is 0. The lowest BCUT2D eigenvalue weighted by Gasteiger charge is -2.31. The molecule has 140 valence electrons. The van der Waals surface area contributed by atoms with Crippen LogP contribution in [-0.2, 0) is 11.3 Å². The lowest BCUT2D eigenvalue weighted by atomic mass is 10.1. The molecule has 0 aromatic carbocycles. The summed E-state index contributed by atoms with van der Waals surface area (Å²) in [5.74, 6) is 0.106. The molecular weight excluding hydrogens is 316 g/mol. The molecule has 6 heteroatoms. The maximum Gasteiger partial charge on any atom is 0.257 e. The van der Waals surface area contributed by atoms with Gasteiger partial charge in [0.25, 0.3) is 5.91 Å². The van der Waals surface area contributed by atoms with Crippen molar-refractivity contribution in [3.05, 3.63) is 17.5 Å². The van der Waals surface area contributed by atoms with Crippen molar-refractivity contribution in [1.82, 2.24) is 19.6 Å². The highest BCUT2D eigenvalue weighted by Crippen LogP contribution is 2.16. The molecule has 1 aromatic rings. The Morgan fingerprint density at radius 2 is 2.04 bits per heavy atom. The normalized spacial score (nSPS) is 22.8. The Morgan fingerprint density at radius 3 is 2.80 bits per heavy atom. The average Bonchev–Trinajstić information content (AvgIpc) is 2.82. The minimum atomic E-state index is 0.106. The summed E-state index contributed by atoms with van der Waals surface area (Å²) in [7, 11) is 0. The third-order valence-corrected chi connectivity index (χ3v) is 5.18. The van der Waals surface area contributed by atoms with E-state index in [2.05, 4.69) is 16.9 Å². The molecular formula is C19H32N4O2. The van der Waals surface area contributed by atoms with Gasteiger partial charge in [-0.2, -0.15) is 5.10 Å². The number of rotatable bonds is 5. The molecule has 6 nitrogen and oxygen atoms in total. The van der Waals surface area contributed by atoms with E-state index in [1.165, 1.54) is 19.3 Å². The van der Waals surface area contributed by atoms with Crippen molar-refractivity contribution >= 4 is 5.91 Å². The lowest BCUT2D eigenvalue weighted by molar-refractivity contribution is 0.0216. The van der Waals surface area contributed by atoms with E-state index in [9.17, 15) is 4.79 Å². The van der Waals surface area contributed by atoms with Gasteiger partial charge in [-0.05, 0) is 45.7 Å². The van der Waals surface area contributed by atoms with E-state index >= 15 is 0 Å². The van der Waals surface area contributed by atoms with E-state index in [4.69, 9.17) is 4.74 Å². The topological polar surface area (TPSA) is 50.6 Å². The number of aromatic nitrogens is 2. The fourth-order valence-electron chi connectivity index (χ4n) is 3.86. The van der Waals surface area contributed by atoms with Crippen LogP contribution in [0.1, 0.15) is 55.1 Å². The molecule has 1 atom stereocenters.